The molecular weight excluding hydrogens is 368 g/mol. The number of rotatable bonds is 6. The summed E-state index contributed by atoms with van der Waals surface area (Å²) in [4.78, 5) is 15.6. The molecule has 3 nitrogen and oxygen atoms in total. The zero-order valence-corrected chi connectivity index (χ0v) is 17.2. The van der Waals surface area contributed by atoms with Crippen molar-refractivity contribution in [3.63, 3.8) is 0 Å². The largest absolute Gasteiger partial charge is 0.482 e. The highest BCUT2D eigenvalue weighted by Crippen LogP contribution is 2.32. The molecule has 0 spiro atoms. The molecule has 0 aliphatic rings. The fraction of sp³-hybridized carbons (Fsp3) is 0.208. The van der Waals surface area contributed by atoms with Crippen LogP contribution in [0.15, 0.2) is 99.6 Å². The van der Waals surface area contributed by atoms with Gasteiger partial charge in [-0.3, -0.25) is 0 Å². The van der Waals surface area contributed by atoms with E-state index in [0.717, 1.165) is 4.90 Å². The van der Waals surface area contributed by atoms with Crippen LogP contribution in [-0.4, -0.2) is 18.2 Å². The van der Waals surface area contributed by atoms with Crippen LogP contribution in [0.5, 0.6) is 5.75 Å². The van der Waals surface area contributed by atoms with Crippen molar-refractivity contribution >= 4 is 16.9 Å². The van der Waals surface area contributed by atoms with Gasteiger partial charge in [0.1, 0.15) is 11.4 Å². The molecule has 0 aliphatic heterocycles. The van der Waals surface area contributed by atoms with Crippen molar-refractivity contribution in [1.82, 2.24) is 0 Å². The van der Waals surface area contributed by atoms with Gasteiger partial charge in [0.2, 0.25) is 0 Å². The summed E-state index contributed by atoms with van der Waals surface area (Å²) >= 11 is 0. The number of esters is 1. The van der Waals surface area contributed by atoms with Crippen molar-refractivity contribution < 1.29 is 14.3 Å². The van der Waals surface area contributed by atoms with Gasteiger partial charge in [-0.15, -0.1) is 0 Å². The summed E-state index contributed by atoms with van der Waals surface area (Å²) in [6.07, 6.45) is 0. The Morgan fingerprint density at radius 1 is 0.786 bits per heavy atom. The maximum absolute atomic E-state index is 11.9. The van der Waals surface area contributed by atoms with Gasteiger partial charge < -0.3 is 9.47 Å². The lowest BCUT2D eigenvalue weighted by atomic mass is 10.2. The van der Waals surface area contributed by atoms with Crippen molar-refractivity contribution in [3.8, 4) is 5.75 Å². The zero-order chi connectivity index (χ0) is 20.0. The average molecular weight is 394 g/mol. The predicted molar refractivity (Wildman–Crippen MR) is 113 cm³/mol. The van der Waals surface area contributed by atoms with Crippen LogP contribution in [0, 0.1) is 0 Å². The lowest BCUT2D eigenvalue weighted by molar-refractivity contribution is -0.157. The molecule has 3 aromatic carbocycles. The molecule has 0 aliphatic carbocycles. The van der Waals surface area contributed by atoms with Crippen LogP contribution in [0.2, 0.25) is 0 Å². The van der Waals surface area contributed by atoms with E-state index in [0.29, 0.717) is 5.75 Å². The summed E-state index contributed by atoms with van der Waals surface area (Å²) in [6.45, 7) is 5.43. The maximum atomic E-state index is 11.9. The number of hydrogen-bond donors (Lipinski definition) is 0. The van der Waals surface area contributed by atoms with E-state index in [9.17, 15) is 4.79 Å². The summed E-state index contributed by atoms with van der Waals surface area (Å²) < 4.78 is 11.0. The van der Waals surface area contributed by atoms with Crippen LogP contribution in [0.3, 0.4) is 0 Å². The Hall–Kier alpha value is -2.72. The third kappa shape index (κ3) is 5.64. The lowest BCUT2D eigenvalue weighted by Gasteiger charge is -2.19. The molecule has 0 radical (unpaired) electrons. The van der Waals surface area contributed by atoms with Gasteiger partial charge >= 0.3 is 5.97 Å². The van der Waals surface area contributed by atoms with Crippen LogP contribution in [-0.2, 0) is 20.4 Å². The monoisotopic (exact) mass is 393 g/mol. The fourth-order valence-electron chi connectivity index (χ4n) is 2.73. The average Bonchev–Trinajstić information content (AvgIpc) is 2.67. The molecule has 0 heterocycles. The molecule has 3 rings (SSSR count). The second-order valence-electron chi connectivity index (χ2n) is 7.28. The van der Waals surface area contributed by atoms with Crippen LogP contribution in [0.25, 0.3) is 0 Å². The second-order valence-corrected chi connectivity index (χ2v) is 9.31. The SMILES string of the molecule is CC(C)(C)OC(=O)COc1cccc([S+](c2ccccc2)c2ccccc2)c1. The Labute approximate surface area is 169 Å². The van der Waals surface area contributed by atoms with E-state index < -0.39 is 5.60 Å². The number of ether oxygens (including phenoxy) is 2. The van der Waals surface area contributed by atoms with Gasteiger partial charge in [0.15, 0.2) is 21.3 Å². The Balaban J connectivity index is 1.84. The molecule has 0 saturated carbocycles. The third-order valence-electron chi connectivity index (χ3n) is 3.78. The molecule has 0 amide bonds. The van der Waals surface area contributed by atoms with Gasteiger partial charge in [-0.25, -0.2) is 4.79 Å². The first-order chi connectivity index (χ1) is 13.4. The number of benzene rings is 3. The Bertz CT molecular complexity index is 862. The normalized spacial score (nSPS) is 11.3. The lowest BCUT2D eigenvalue weighted by Crippen LogP contribution is -2.27. The van der Waals surface area contributed by atoms with Crippen LogP contribution >= 0.6 is 0 Å². The van der Waals surface area contributed by atoms with Gasteiger partial charge in [0.25, 0.3) is 0 Å². The number of hydrogen-bond acceptors (Lipinski definition) is 3. The van der Waals surface area contributed by atoms with Crippen molar-refractivity contribution in [2.45, 2.75) is 41.1 Å². The summed E-state index contributed by atoms with van der Waals surface area (Å²) in [7, 11) is -0.251. The minimum Gasteiger partial charge on any atom is -0.482 e. The third-order valence-corrected chi connectivity index (χ3v) is 5.99. The van der Waals surface area contributed by atoms with Crippen LogP contribution in [0.4, 0.5) is 0 Å². The number of carbonyl (C=O) groups excluding carboxylic acids is 1. The van der Waals surface area contributed by atoms with Gasteiger partial charge in [-0.1, -0.05) is 42.5 Å². The highest BCUT2D eigenvalue weighted by molar-refractivity contribution is 7.97. The molecule has 4 heteroatoms. The van der Waals surface area contributed by atoms with Crippen LogP contribution in [0.1, 0.15) is 20.8 Å². The maximum Gasteiger partial charge on any atom is 0.344 e. The van der Waals surface area contributed by atoms with Crippen LogP contribution < -0.4 is 4.74 Å². The molecule has 0 atom stereocenters. The highest BCUT2D eigenvalue weighted by Gasteiger charge is 2.28. The van der Waals surface area contributed by atoms with Gasteiger partial charge in [0, 0.05) is 6.07 Å². The van der Waals surface area contributed by atoms with E-state index >= 15 is 0 Å². The first-order valence-corrected chi connectivity index (χ1v) is 10.4. The molecule has 0 N–H and O–H groups in total. The molecule has 28 heavy (non-hydrogen) atoms. The van der Waals surface area contributed by atoms with Crippen molar-refractivity contribution in [2.75, 3.05) is 6.61 Å². The van der Waals surface area contributed by atoms with Gasteiger partial charge in [-0.2, -0.15) is 0 Å². The summed E-state index contributed by atoms with van der Waals surface area (Å²) in [5.41, 5.74) is -0.518. The van der Waals surface area contributed by atoms with E-state index in [2.05, 4.69) is 54.6 Å². The highest BCUT2D eigenvalue weighted by atomic mass is 32.2. The molecule has 144 valence electrons. The van der Waals surface area contributed by atoms with E-state index in [1.165, 1.54) is 9.79 Å². The van der Waals surface area contributed by atoms with Crippen molar-refractivity contribution in [3.05, 3.63) is 84.9 Å². The summed E-state index contributed by atoms with van der Waals surface area (Å²) in [5, 5.41) is 0. The van der Waals surface area contributed by atoms with Crippen molar-refractivity contribution in [2.24, 2.45) is 0 Å². The molecule has 0 unspecified atom stereocenters. The standard InChI is InChI=1S/C24H25O3S/c1-24(2,3)27-23(25)18-26-19-11-10-16-22(17-19)28(20-12-6-4-7-13-20)21-14-8-5-9-15-21/h4-17H,18H2,1-3H3/q+1. The Morgan fingerprint density at radius 2 is 1.32 bits per heavy atom. The molecular formula is C24H25O3S+. The Morgan fingerprint density at radius 3 is 1.86 bits per heavy atom. The summed E-state index contributed by atoms with van der Waals surface area (Å²) in [5.74, 6) is 0.288. The summed E-state index contributed by atoms with van der Waals surface area (Å²) in [6, 6.07) is 28.8. The van der Waals surface area contributed by atoms with Gasteiger partial charge in [-0.05, 0) is 57.2 Å². The Kier molecular flexibility index (Phi) is 6.42. The smallest absolute Gasteiger partial charge is 0.344 e. The first kappa shape index (κ1) is 20.0. The van der Waals surface area contributed by atoms with Crippen molar-refractivity contribution in [1.29, 1.82) is 0 Å². The minimum atomic E-state index is -0.518. The van der Waals surface area contributed by atoms with E-state index in [4.69, 9.17) is 9.47 Å². The first-order valence-electron chi connectivity index (χ1n) is 9.21. The fourth-order valence-corrected chi connectivity index (χ4v) is 4.85. The van der Waals surface area contributed by atoms with E-state index in [1.807, 2.05) is 51.1 Å². The van der Waals surface area contributed by atoms with E-state index in [1.54, 1.807) is 0 Å². The second kappa shape index (κ2) is 8.98. The molecule has 0 aromatic heterocycles. The number of carbonyl (C=O) groups is 1. The quantitative estimate of drug-likeness (QED) is 0.410. The minimum absolute atomic E-state index is 0.106. The van der Waals surface area contributed by atoms with E-state index in [-0.39, 0.29) is 23.5 Å². The zero-order valence-electron chi connectivity index (χ0n) is 16.4. The molecule has 0 fully saturated rings. The van der Waals surface area contributed by atoms with Gasteiger partial charge in [0.05, 0.1) is 10.9 Å². The topological polar surface area (TPSA) is 35.5 Å². The molecule has 0 bridgehead atoms. The molecule has 0 saturated heterocycles. The predicted octanol–water partition coefficient (Wildman–Crippen LogP) is 5.50. The molecule has 3 aromatic rings.